The zero-order valence-corrected chi connectivity index (χ0v) is 23.7. The van der Waals surface area contributed by atoms with Gasteiger partial charge in [-0.15, -0.1) is 5.10 Å². The zero-order valence-electron chi connectivity index (χ0n) is 23.7. The predicted octanol–water partition coefficient (Wildman–Crippen LogP) is 4.54. The maximum absolute atomic E-state index is 14.2. The van der Waals surface area contributed by atoms with E-state index in [1.165, 1.54) is 23.8 Å². The van der Waals surface area contributed by atoms with Crippen LogP contribution in [-0.4, -0.2) is 53.2 Å². The summed E-state index contributed by atoms with van der Waals surface area (Å²) in [5, 5.41) is 11.4. The lowest BCUT2D eigenvalue weighted by Crippen LogP contribution is -2.50. The third kappa shape index (κ3) is 6.51. The summed E-state index contributed by atoms with van der Waals surface area (Å²) < 4.78 is 18.1. The molecule has 0 aliphatic carbocycles. The fraction of sp³-hybridized carbons (Fsp3) is 0.333. The van der Waals surface area contributed by atoms with Gasteiger partial charge in [-0.05, 0) is 81.8 Å². The van der Waals surface area contributed by atoms with E-state index in [1.807, 2.05) is 52.0 Å². The monoisotopic (exact) mass is 545 g/mol. The van der Waals surface area contributed by atoms with Crippen LogP contribution in [0.4, 0.5) is 5.69 Å². The first-order valence-electron chi connectivity index (χ1n) is 13.0. The quantitative estimate of drug-likeness (QED) is 0.312. The van der Waals surface area contributed by atoms with Crippen molar-refractivity contribution in [1.82, 2.24) is 20.3 Å². The van der Waals surface area contributed by atoms with Gasteiger partial charge in [0.2, 0.25) is 11.8 Å². The number of hydrogen-bond acceptors (Lipinski definition) is 7. The lowest BCUT2D eigenvalue weighted by molar-refractivity contribution is -0.128. The van der Waals surface area contributed by atoms with E-state index in [2.05, 4.69) is 15.6 Å². The summed E-state index contributed by atoms with van der Waals surface area (Å²) in [4.78, 5) is 29.7. The van der Waals surface area contributed by atoms with Gasteiger partial charge in [-0.25, -0.2) is 4.68 Å². The molecule has 1 heterocycles. The lowest BCUT2D eigenvalue weighted by Gasteiger charge is -2.34. The van der Waals surface area contributed by atoms with Gasteiger partial charge in [-0.3, -0.25) is 14.5 Å². The SMILES string of the molecule is CCOc1ccc(N(C(=O)Cn2nnc3ccccc32)[C@H](C(=O)NC(C)(C)C)c2cc(OC)cc(OC)c2)cc1. The van der Waals surface area contributed by atoms with Crippen molar-refractivity contribution >= 4 is 28.5 Å². The average molecular weight is 546 g/mol. The summed E-state index contributed by atoms with van der Waals surface area (Å²) >= 11 is 0. The minimum atomic E-state index is -1.07. The van der Waals surface area contributed by atoms with Crippen LogP contribution in [-0.2, 0) is 16.1 Å². The Morgan fingerprint density at radius 2 is 1.60 bits per heavy atom. The van der Waals surface area contributed by atoms with Crippen LogP contribution < -0.4 is 24.4 Å². The number of anilines is 1. The van der Waals surface area contributed by atoms with Gasteiger partial charge in [-0.1, -0.05) is 17.3 Å². The highest BCUT2D eigenvalue weighted by Crippen LogP contribution is 2.34. The van der Waals surface area contributed by atoms with Crippen molar-refractivity contribution in [3.05, 3.63) is 72.3 Å². The number of rotatable bonds is 10. The number of carbonyl (C=O) groups is 2. The van der Waals surface area contributed by atoms with Gasteiger partial charge in [-0.2, -0.15) is 0 Å². The fourth-order valence-corrected chi connectivity index (χ4v) is 4.39. The molecule has 40 heavy (non-hydrogen) atoms. The molecule has 1 atom stereocenters. The second-order valence-electron chi connectivity index (χ2n) is 10.2. The molecule has 0 fully saturated rings. The fourth-order valence-electron chi connectivity index (χ4n) is 4.39. The number of amides is 2. The van der Waals surface area contributed by atoms with Crippen molar-refractivity contribution in [2.24, 2.45) is 0 Å². The molecular weight excluding hydrogens is 510 g/mol. The second kappa shape index (κ2) is 12.1. The van der Waals surface area contributed by atoms with Crippen molar-refractivity contribution in [3.8, 4) is 17.2 Å². The normalized spacial score (nSPS) is 12.1. The number of benzene rings is 3. The van der Waals surface area contributed by atoms with E-state index in [-0.39, 0.29) is 18.4 Å². The van der Waals surface area contributed by atoms with Crippen molar-refractivity contribution in [2.45, 2.75) is 45.8 Å². The highest BCUT2D eigenvalue weighted by molar-refractivity contribution is 6.01. The highest BCUT2D eigenvalue weighted by atomic mass is 16.5. The predicted molar refractivity (Wildman–Crippen MR) is 153 cm³/mol. The number of para-hydroxylation sites is 1. The summed E-state index contributed by atoms with van der Waals surface area (Å²) in [7, 11) is 3.07. The van der Waals surface area contributed by atoms with Gasteiger partial charge in [0.1, 0.15) is 35.4 Å². The molecule has 0 spiro atoms. The summed E-state index contributed by atoms with van der Waals surface area (Å²) in [6, 6.07) is 18.6. The Labute approximate surface area is 233 Å². The van der Waals surface area contributed by atoms with Crippen LogP contribution in [0.5, 0.6) is 17.2 Å². The summed E-state index contributed by atoms with van der Waals surface area (Å²) in [6.07, 6.45) is 0. The van der Waals surface area contributed by atoms with Crippen LogP contribution in [0, 0.1) is 0 Å². The molecule has 0 aliphatic rings. The maximum atomic E-state index is 14.2. The lowest BCUT2D eigenvalue weighted by atomic mass is 10.00. The van der Waals surface area contributed by atoms with Crippen LogP contribution in [0.25, 0.3) is 11.0 Å². The number of hydrogen-bond donors (Lipinski definition) is 1. The van der Waals surface area contributed by atoms with E-state index in [4.69, 9.17) is 14.2 Å². The van der Waals surface area contributed by atoms with Gasteiger partial charge in [0, 0.05) is 17.3 Å². The molecule has 0 saturated carbocycles. The van der Waals surface area contributed by atoms with Crippen molar-refractivity contribution in [2.75, 3.05) is 25.7 Å². The van der Waals surface area contributed by atoms with E-state index >= 15 is 0 Å². The first-order valence-corrected chi connectivity index (χ1v) is 13.0. The minimum Gasteiger partial charge on any atom is -0.497 e. The van der Waals surface area contributed by atoms with E-state index in [0.29, 0.717) is 46.1 Å². The number of fused-ring (bicyclic) bond motifs is 1. The number of aromatic nitrogens is 3. The average Bonchev–Trinajstić information content (AvgIpc) is 3.33. The molecule has 0 bridgehead atoms. The smallest absolute Gasteiger partial charge is 0.249 e. The van der Waals surface area contributed by atoms with Crippen LogP contribution in [0.2, 0.25) is 0 Å². The van der Waals surface area contributed by atoms with Crippen molar-refractivity contribution in [1.29, 1.82) is 0 Å². The van der Waals surface area contributed by atoms with Gasteiger partial charge in [0.15, 0.2) is 0 Å². The first kappa shape index (κ1) is 28.4. The molecule has 10 nitrogen and oxygen atoms in total. The second-order valence-corrected chi connectivity index (χ2v) is 10.2. The van der Waals surface area contributed by atoms with E-state index in [9.17, 15) is 9.59 Å². The molecule has 4 rings (SSSR count). The van der Waals surface area contributed by atoms with Crippen molar-refractivity contribution in [3.63, 3.8) is 0 Å². The third-order valence-corrected chi connectivity index (χ3v) is 6.09. The maximum Gasteiger partial charge on any atom is 0.249 e. The molecule has 0 unspecified atom stereocenters. The van der Waals surface area contributed by atoms with Crippen LogP contribution >= 0.6 is 0 Å². The molecule has 0 aliphatic heterocycles. The van der Waals surface area contributed by atoms with Gasteiger partial charge in [0.25, 0.3) is 0 Å². The number of methoxy groups -OCH3 is 2. The van der Waals surface area contributed by atoms with Gasteiger partial charge in [0.05, 0.1) is 26.3 Å². The van der Waals surface area contributed by atoms with Crippen LogP contribution in [0.3, 0.4) is 0 Å². The Hall–Kier alpha value is -4.60. The molecule has 1 aromatic heterocycles. The first-order chi connectivity index (χ1) is 19.1. The van der Waals surface area contributed by atoms with Crippen LogP contribution in [0.15, 0.2) is 66.7 Å². The molecule has 0 saturated heterocycles. The Kier molecular flexibility index (Phi) is 8.57. The number of carbonyl (C=O) groups excluding carboxylic acids is 2. The zero-order chi connectivity index (χ0) is 28.9. The largest absolute Gasteiger partial charge is 0.497 e. The molecule has 10 heteroatoms. The Morgan fingerprint density at radius 3 is 2.20 bits per heavy atom. The molecular formula is C30H35N5O5. The number of nitrogens with zero attached hydrogens (tertiary/aromatic N) is 4. The van der Waals surface area contributed by atoms with E-state index in [0.717, 1.165) is 0 Å². The topological polar surface area (TPSA) is 108 Å². The molecule has 0 radical (unpaired) electrons. The van der Waals surface area contributed by atoms with Crippen molar-refractivity contribution < 1.29 is 23.8 Å². The van der Waals surface area contributed by atoms with E-state index in [1.54, 1.807) is 42.5 Å². The molecule has 3 aromatic carbocycles. The van der Waals surface area contributed by atoms with Gasteiger partial charge < -0.3 is 19.5 Å². The van der Waals surface area contributed by atoms with Crippen LogP contribution in [0.1, 0.15) is 39.3 Å². The molecule has 4 aromatic rings. The Balaban J connectivity index is 1.87. The molecule has 1 N–H and O–H groups in total. The van der Waals surface area contributed by atoms with E-state index < -0.39 is 11.6 Å². The Morgan fingerprint density at radius 1 is 0.950 bits per heavy atom. The summed E-state index contributed by atoms with van der Waals surface area (Å²) in [5.74, 6) is 0.900. The standard InChI is InChI=1S/C30H35N5O5/c1-7-40-22-14-12-21(13-15-22)35(27(36)19-34-26-11-9-8-10-25(26)32-33-34)28(29(37)31-30(2,3)4)20-16-23(38-5)18-24(17-20)39-6/h8-18,28H,7,19H2,1-6H3,(H,31,37)/t28-/m0/s1. The Bertz CT molecular complexity index is 1450. The summed E-state index contributed by atoms with van der Waals surface area (Å²) in [6.45, 7) is 7.92. The molecule has 2 amide bonds. The van der Waals surface area contributed by atoms with Gasteiger partial charge >= 0.3 is 0 Å². The number of ether oxygens (including phenoxy) is 3. The third-order valence-electron chi connectivity index (χ3n) is 6.09. The minimum absolute atomic E-state index is 0.145. The summed E-state index contributed by atoms with van der Waals surface area (Å²) in [5.41, 5.74) is 1.84. The number of nitrogens with one attached hydrogen (secondary N) is 1. The molecule has 210 valence electrons. The highest BCUT2D eigenvalue weighted by Gasteiger charge is 2.35.